The van der Waals surface area contributed by atoms with Gasteiger partial charge in [0, 0.05) is 19.3 Å². The van der Waals surface area contributed by atoms with Gasteiger partial charge in [-0.2, -0.15) is 0 Å². The number of hydrogen-bond acceptors (Lipinski definition) is 6. The van der Waals surface area contributed by atoms with Crippen molar-refractivity contribution in [3.05, 3.63) is 158 Å². The van der Waals surface area contributed by atoms with Crippen LogP contribution < -0.4 is 0 Å². The largest absolute Gasteiger partial charge is 0.462 e. The molecule has 0 spiro atoms. The molecule has 0 amide bonds. The summed E-state index contributed by atoms with van der Waals surface area (Å²) < 4.78 is 16.9. The van der Waals surface area contributed by atoms with Gasteiger partial charge in [-0.3, -0.25) is 14.4 Å². The minimum Gasteiger partial charge on any atom is -0.462 e. The minimum absolute atomic E-state index is 0.106. The van der Waals surface area contributed by atoms with Crippen LogP contribution in [0, 0.1) is 0 Å². The van der Waals surface area contributed by atoms with Crippen LogP contribution in [-0.4, -0.2) is 37.2 Å². The number of esters is 3. The SMILES string of the molecule is CC/C=C\C/C=C\C/C=C\C/C=C\C/C=C\C/C=C\C/C=C\C/C=C\CCCCCCCCCCC(=O)OCC(COC(=O)CCCCCCC/C=C\CCCCCCC)OC(=O)CCCC/C=C\C/C=C\C/C=C\C/C=C\CC. The lowest BCUT2D eigenvalue weighted by Crippen LogP contribution is -2.30. The van der Waals surface area contributed by atoms with Gasteiger partial charge in [-0.1, -0.05) is 262 Å². The molecule has 0 aliphatic carbocycles. The molecule has 0 aromatic carbocycles. The van der Waals surface area contributed by atoms with Gasteiger partial charge >= 0.3 is 17.9 Å². The van der Waals surface area contributed by atoms with E-state index in [0.29, 0.717) is 19.3 Å². The van der Waals surface area contributed by atoms with Crippen molar-refractivity contribution in [2.75, 3.05) is 13.2 Å². The van der Waals surface area contributed by atoms with Gasteiger partial charge < -0.3 is 14.2 Å². The summed E-state index contributed by atoms with van der Waals surface area (Å²) in [5, 5.41) is 0. The van der Waals surface area contributed by atoms with Gasteiger partial charge in [-0.15, -0.1) is 0 Å². The number of allylic oxidation sites excluding steroid dienone is 26. The first kappa shape index (κ1) is 75.0. The lowest BCUT2D eigenvalue weighted by molar-refractivity contribution is -0.167. The highest BCUT2D eigenvalue weighted by Gasteiger charge is 2.19. The number of carbonyl (C=O) groups is 3. The van der Waals surface area contributed by atoms with E-state index >= 15 is 0 Å². The van der Waals surface area contributed by atoms with Crippen LogP contribution in [0.15, 0.2) is 158 Å². The van der Waals surface area contributed by atoms with Gasteiger partial charge in [0.1, 0.15) is 13.2 Å². The van der Waals surface area contributed by atoms with Gasteiger partial charge in [0.05, 0.1) is 0 Å². The van der Waals surface area contributed by atoms with Crippen molar-refractivity contribution in [2.45, 2.75) is 277 Å². The number of unbranched alkanes of at least 4 members (excludes halogenated alkanes) is 20. The van der Waals surface area contributed by atoms with Crippen LogP contribution in [0.3, 0.4) is 0 Å². The average molecular weight is 1100 g/mol. The Morgan fingerprint density at radius 1 is 0.263 bits per heavy atom. The number of ether oxygens (including phenoxy) is 3. The van der Waals surface area contributed by atoms with Gasteiger partial charge in [0.25, 0.3) is 0 Å². The van der Waals surface area contributed by atoms with Crippen molar-refractivity contribution in [3.63, 3.8) is 0 Å². The molecule has 0 aromatic heterocycles. The summed E-state index contributed by atoms with van der Waals surface area (Å²) in [4.78, 5) is 38.3. The Morgan fingerprint density at radius 2 is 0.487 bits per heavy atom. The summed E-state index contributed by atoms with van der Waals surface area (Å²) in [7, 11) is 0. The maximum Gasteiger partial charge on any atom is 0.306 e. The second kappa shape index (κ2) is 66.5. The van der Waals surface area contributed by atoms with Crippen molar-refractivity contribution in [2.24, 2.45) is 0 Å². The molecule has 0 bridgehead atoms. The lowest BCUT2D eigenvalue weighted by atomic mass is 10.1. The summed E-state index contributed by atoms with van der Waals surface area (Å²) in [5.74, 6) is -0.968. The van der Waals surface area contributed by atoms with Gasteiger partial charge in [-0.25, -0.2) is 0 Å². The standard InChI is InChI=1S/C74H118O6/c1-4-7-10-13-16-19-22-25-28-29-30-31-32-33-34-35-36-37-38-39-40-41-42-43-44-45-47-49-52-55-58-61-64-67-73(76)79-70-71(69-78-72(75)66-63-60-57-54-51-48-27-24-21-18-15-12-9-6-3)80-74(77)68-65-62-59-56-53-50-46-26-23-20-17-14-11-8-5-2/h7-8,10-11,16-17,19-20,24-28,30-31,33-34,36-37,39-40,42-43,46,53,56,71H,4-6,9,12-15,18,21-23,29,32,35,38,41,44-45,47-52,54-55,57-70H2,1-3H3/b10-7-,11-8-,19-16-,20-17-,27-24-,28-25-,31-30-,34-33-,37-36-,40-39-,43-42-,46-26-,56-53-. The maximum atomic E-state index is 12.9. The molecule has 80 heavy (non-hydrogen) atoms. The fraction of sp³-hybridized carbons (Fsp3) is 0.608. The Morgan fingerprint density at radius 3 is 0.800 bits per heavy atom. The Hall–Kier alpha value is -4.97. The average Bonchev–Trinajstić information content (AvgIpc) is 3.46. The highest BCUT2D eigenvalue weighted by Crippen LogP contribution is 2.14. The third-order valence-electron chi connectivity index (χ3n) is 13.2. The van der Waals surface area contributed by atoms with E-state index in [0.717, 1.165) is 148 Å². The zero-order valence-electron chi connectivity index (χ0n) is 51.5. The normalized spacial score (nSPS) is 13.2. The minimum atomic E-state index is -0.814. The number of carbonyl (C=O) groups excluding carboxylic acids is 3. The number of rotatable bonds is 57. The van der Waals surface area contributed by atoms with E-state index < -0.39 is 6.10 Å². The predicted molar refractivity (Wildman–Crippen MR) is 348 cm³/mol. The summed E-state index contributed by atoms with van der Waals surface area (Å²) >= 11 is 0. The van der Waals surface area contributed by atoms with Crippen LogP contribution in [-0.2, 0) is 28.6 Å². The molecule has 0 rings (SSSR count). The van der Waals surface area contributed by atoms with Crippen molar-refractivity contribution in [1.82, 2.24) is 0 Å². The second-order valence-corrected chi connectivity index (χ2v) is 20.9. The zero-order chi connectivity index (χ0) is 57.8. The number of hydrogen-bond donors (Lipinski definition) is 0. The summed E-state index contributed by atoms with van der Waals surface area (Å²) in [6, 6.07) is 0. The van der Waals surface area contributed by atoms with E-state index in [9.17, 15) is 14.4 Å². The highest BCUT2D eigenvalue weighted by atomic mass is 16.6. The molecule has 0 N–H and O–H groups in total. The van der Waals surface area contributed by atoms with E-state index in [2.05, 4.69) is 179 Å². The van der Waals surface area contributed by atoms with E-state index in [4.69, 9.17) is 14.2 Å². The maximum absolute atomic E-state index is 12.9. The molecule has 0 saturated heterocycles. The van der Waals surface area contributed by atoms with Crippen LogP contribution in [0.4, 0.5) is 0 Å². The predicted octanol–water partition coefficient (Wildman–Crippen LogP) is 22.5. The van der Waals surface area contributed by atoms with Crippen LogP contribution in [0.25, 0.3) is 0 Å². The molecule has 450 valence electrons. The monoisotopic (exact) mass is 1100 g/mol. The molecule has 6 heteroatoms. The molecular weight excluding hydrogens is 985 g/mol. The fourth-order valence-electron chi connectivity index (χ4n) is 8.44. The molecule has 1 unspecified atom stereocenters. The van der Waals surface area contributed by atoms with E-state index in [1.807, 2.05) is 0 Å². The van der Waals surface area contributed by atoms with E-state index in [1.54, 1.807) is 0 Å². The molecule has 0 aromatic rings. The molecule has 6 nitrogen and oxygen atoms in total. The Kier molecular flexibility index (Phi) is 62.4. The van der Waals surface area contributed by atoms with Gasteiger partial charge in [0.2, 0.25) is 0 Å². The van der Waals surface area contributed by atoms with Crippen LogP contribution in [0.5, 0.6) is 0 Å². The molecule has 0 saturated carbocycles. The van der Waals surface area contributed by atoms with E-state index in [1.165, 1.54) is 77.0 Å². The van der Waals surface area contributed by atoms with Crippen LogP contribution in [0.2, 0.25) is 0 Å². The Bertz CT molecular complexity index is 1790. The highest BCUT2D eigenvalue weighted by molar-refractivity contribution is 5.71. The third kappa shape index (κ3) is 63.9. The smallest absolute Gasteiger partial charge is 0.306 e. The topological polar surface area (TPSA) is 78.9 Å². The summed E-state index contributed by atoms with van der Waals surface area (Å²) in [6.07, 6.45) is 96.8. The van der Waals surface area contributed by atoms with E-state index in [-0.39, 0.29) is 37.5 Å². The molecule has 0 aliphatic heterocycles. The second-order valence-electron chi connectivity index (χ2n) is 20.9. The molecule has 0 fully saturated rings. The van der Waals surface area contributed by atoms with Crippen molar-refractivity contribution < 1.29 is 28.6 Å². The van der Waals surface area contributed by atoms with Crippen molar-refractivity contribution in [1.29, 1.82) is 0 Å². The van der Waals surface area contributed by atoms with Crippen LogP contribution >= 0.6 is 0 Å². The summed E-state index contributed by atoms with van der Waals surface area (Å²) in [6.45, 7) is 6.35. The first-order chi connectivity index (χ1) is 39.5. The molecule has 0 aliphatic rings. The molecule has 0 radical (unpaired) electrons. The third-order valence-corrected chi connectivity index (χ3v) is 13.2. The zero-order valence-corrected chi connectivity index (χ0v) is 51.5. The van der Waals surface area contributed by atoms with Crippen molar-refractivity contribution >= 4 is 17.9 Å². The molecule has 0 heterocycles. The Labute approximate surface area is 492 Å². The van der Waals surface area contributed by atoms with Gasteiger partial charge in [-0.05, 0) is 148 Å². The van der Waals surface area contributed by atoms with Gasteiger partial charge in [0.15, 0.2) is 6.10 Å². The fourth-order valence-corrected chi connectivity index (χ4v) is 8.44. The lowest BCUT2D eigenvalue weighted by Gasteiger charge is -2.18. The molecular formula is C74H118O6. The first-order valence-corrected chi connectivity index (χ1v) is 32.5. The Balaban J connectivity index is 4.33. The van der Waals surface area contributed by atoms with Crippen molar-refractivity contribution in [3.8, 4) is 0 Å². The quantitative estimate of drug-likeness (QED) is 0.0261. The first-order valence-electron chi connectivity index (χ1n) is 32.5. The molecule has 1 atom stereocenters. The van der Waals surface area contributed by atoms with Crippen LogP contribution in [0.1, 0.15) is 271 Å². The summed E-state index contributed by atoms with van der Waals surface area (Å²) in [5.41, 5.74) is 0.